The van der Waals surface area contributed by atoms with Crippen LogP contribution in [0.2, 0.25) is 0 Å². The van der Waals surface area contributed by atoms with E-state index in [1.54, 1.807) is 6.33 Å². The van der Waals surface area contributed by atoms with Crippen LogP contribution in [0.15, 0.2) is 52.4 Å². The topological polar surface area (TPSA) is 37.8 Å². The van der Waals surface area contributed by atoms with E-state index < -0.39 is 0 Å². The van der Waals surface area contributed by atoms with Crippen LogP contribution in [-0.2, 0) is 0 Å². The van der Waals surface area contributed by atoms with E-state index in [1.165, 1.54) is 4.90 Å². The Bertz CT molecular complexity index is 493. The molecule has 0 aliphatic carbocycles. The van der Waals surface area contributed by atoms with E-state index >= 15 is 0 Å². The van der Waals surface area contributed by atoms with Crippen molar-refractivity contribution in [3.63, 3.8) is 0 Å². The molecule has 5 heteroatoms. The first-order chi connectivity index (χ1) is 8.81. The molecule has 94 valence electrons. The molecule has 0 bridgehead atoms. The summed E-state index contributed by atoms with van der Waals surface area (Å²) in [6, 6.07) is 8.50. The third-order valence-corrected chi connectivity index (χ3v) is 4.69. The maximum atomic E-state index is 4.06. The Morgan fingerprint density at radius 2 is 2.00 bits per heavy atom. The highest BCUT2D eigenvalue weighted by Gasteiger charge is 2.11. The van der Waals surface area contributed by atoms with Crippen molar-refractivity contribution in [2.75, 3.05) is 12.8 Å². The fourth-order valence-corrected chi connectivity index (χ4v) is 3.29. The Kier molecular flexibility index (Phi) is 5.16. The average Bonchev–Trinajstić information content (AvgIpc) is 2.42. The molecule has 2 rings (SSSR count). The largest absolute Gasteiger partial charge is 0.312 e. The van der Waals surface area contributed by atoms with Crippen molar-refractivity contribution >= 4 is 27.7 Å². The van der Waals surface area contributed by atoms with Gasteiger partial charge in [0.15, 0.2) is 0 Å². The molecule has 1 aromatic heterocycles. The second kappa shape index (κ2) is 6.87. The molecule has 0 saturated heterocycles. The molecule has 0 fully saturated rings. The Labute approximate surface area is 120 Å². The van der Waals surface area contributed by atoms with Crippen molar-refractivity contribution in [3.05, 3.63) is 53.0 Å². The number of hydrogen-bond donors (Lipinski definition) is 1. The second-order valence-corrected chi connectivity index (χ2v) is 5.67. The number of aromatic nitrogens is 2. The van der Waals surface area contributed by atoms with Crippen LogP contribution in [0.25, 0.3) is 0 Å². The predicted octanol–water partition coefficient (Wildman–Crippen LogP) is 3.29. The summed E-state index contributed by atoms with van der Waals surface area (Å²) in [5.74, 6) is 0.937. The minimum atomic E-state index is 0.253. The van der Waals surface area contributed by atoms with Crippen LogP contribution in [0, 0.1) is 0 Å². The molecule has 0 aliphatic heterocycles. The minimum absolute atomic E-state index is 0.253. The first-order valence-corrected chi connectivity index (χ1v) is 7.38. The van der Waals surface area contributed by atoms with Crippen LogP contribution in [0.3, 0.4) is 0 Å². The van der Waals surface area contributed by atoms with Crippen molar-refractivity contribution in [1.82, 2.24) is 15.3 Å². The first-order valence-electron chi connectivity index (χ1n) is 5.60. The standard InChI is InChI=1S/C13H14BrN3S/c1-15-12(10-6-16-9-17-7-10)8-18-13-5-3-2-4-11(13)14/h2-7,9,12,15H,8H2,1H3. The van der Waals surface area contributed by atoms with Crippen molar-refractivity contribution in [2.24, 2.45) is 0 Å². The lowest BCUT2D eigenvalue weighted by Gasteiger charge is -2.15. The van der Waals surface area contributed by atoms with Crippen molar-refractivity contribution < 1.29 is 0 Å². The maximum absolute atomic E-state index is 4.06. The highest BCUT2D eigenvalue weighted by Crippen LogP contribution is 2.29. The van der Waals surface area contributed by atoms with E-state index in [2.05, 4.69) is 43.3 Å². The third kappa shape index (κ3) is 3.54. The molecule has 0 aliphatic rings. The molecule has 2 aromatic rings. The normalized spacial score (nSPS) is 12.3. The van der Waals surface area contributed by atoms with Crippen LogP contribution in [0.4, 0.5) is 0 Å². The number of benzene rings is 1. The van der Waals surface area contributed by atoms with Gasteiger partial charge in [0.25, 0.3) is 0 Å². The number of hydrogen-bond acceptors (Lipinski definition) is 4. The van der Waals surface area contributed by atoms with Crippen LogP contribution in [0.1, 0.15) is 11.6 Å². The molecule has 0 radical (unpaired) electrons. The first kappa shape index (κ1) is 13.5. The van der Waals surface area contributed by atoms with E-state index in [-0.39, 0.29) is 6.04 Å². The van der Waals surface area contributed by atoms with E-state index in [1.807, 2.05) is 43.3 Å². The highest BCUT2D eigenvalue weighted by atomic mass is 79.9. The van der Waals surface area contributed by atoms with Crippen molar-refractivity contribution in [3.8, 4) is 0 Å². The van der Waals surface area contributed by atoms with Crippen molar-refractivity contribution in [1.29, 1.82) is 0 Å². The smallest absolute Gasteiger partial charge is 0.115 e. The van der Waals surface area contributed by atoms with Gasteiger partial charge in [0.1, 0.15) is 6.33 Å². The molecule has 0 saturated carbocycles. The van der Waals surface area contributed by atoms with Crippen LogP contribution in [-0.4, -0.2) is 22.8 Å². The molecule has 3 nitrogen and oxygen atoms in total. The Balaban J connectivity index is 2.02. The van der Waals surface area contributed by atoms with Gasteiger partial charge in [-0.3, -0.25) is 0 Å². The van der Waals surface area contributed by atoms with Gasteiger partial charge in [-0.25, -0.2) is 9.97 Å². The fraction of sp³-hybridized carbons (Fsp3) is 0.231. The predicted molar refractivity (Wildman–Crippen MR) is 78.7 cm³/mol. The fourth-order valence-electron chi connectivity index (χ4n) is 1.57. The molecule has 0 spiro atoms. The Morgan fingerprint density at radius 3 is 2.67 bits per heavy atom. The molecular formula is C13H14BrN3S. The molecule has 1 N–H and O–H groups in total. The molecule has 18 heavy (non-hydrogen) atoms. The van der Waals surface area contributed by atoms with Gasteiger partial charge in [-0.05, 0) is 35.1 Å². The maximum Gasteiger partial charge on any atom is 0.115 e. The van der Waals surface area contributed by atoms with Gasteiger partial charge in [-0.15, -0.1) is 11.8 Å². The number of thioether (sulfide) groups is 1. The minimum Gasteiger partial charge on any atom is -0.312 e. The lowest BCUT2D eigenvalue weighted by Crippen LogP contribution is -2.19. The summed E-state index contributed by atoms with van der Waals surface area (Å²) in [5.41, 5.74) is 1.11. The Morgan fingerprint density at radius 1 is 1.28 bits per heavy atom. The van der Waals surface area contributed by atoms with Gasteiger partial charge in [0.05, 0.1) is 0 Å². The molecular weight excluding hydrogens is 310 g/mol. The quantitative estimate of drug-likeness (QED) is 0.857. The van der Waals surface area contributed by atoms with Gasteiger partial charge in [0, 0.05) is 39.1 Å². The number of rotatable bonds is 5. The summed E-state index contributed by atoms with van der Waals surface area (Å²) in [4.78, 5) is 9.36. The molecule has 1 heterocycles. The van der Waals surface area contributed by atoms with Gasteiger partial charge in [-0.1, -0.05) is 12.1 Å². The molecule has 1 unspecified atom stereocenters. The zero-order valence-electron chi connectivity index (χ0n) is 10.0. The van der Waals surface area contributed by atoms with Gasteiger partial charge >= 0.3 is 0 Å². The van der Waals surface area contributed by atoms with Crippen LogP contribution < -0.4 is 5.32 Å². The third-order valence-electron chi connectivity index (χ3n) is 2.57. The summed E-state index contributed by atoms with van der Waals surface area (Å²) >= 11 is 5.37. The lowest BCUT2D eigenvalue weighted by atomic mass is 10.2. The van der Waals surface area contributed by atoms with Crippen LogP contribution in [0.5, 0.6) is 0 Å². The summed E-state index contributed by atoms with van der Waals surface area (Å²) in [5, 5.41) is 3.29. The van der Waals surface area contributed by atoms with E-state index in [4.69, 9.17) is 0 Å². The summed E-state index contributed by atoms with van der Waals surface area (Å²) in [6.45, 7) is 0. The zero-order chi connectivity index (χ0) is 12.8. The summed E-state index contributed by atoms with van der Waals surface area (Å²) in [6.07, 6.45) is 5.26. The van der Waals surface area contributed by atoms with Crippen molar-refractivity contribution in [2.45, 2.75) is 10.9 Å². The summed E-state index contributed by atoms with van der Waals surface area (Å²) in [7, 11) is 1.96. The number of halogens is 1. The van der Waals surface area contributed by atoms with Gasteiger partial charge in [-0.2, -0.15) is 0 Å². The SMILES string of the molecule is CNC(CSc1ccccc1Br)c1cncnc1. The van der Waals surface area contributed by atoms with Gasteiger partial charge in [0.2, 0.25) is 0 Å². The zero-order valence-corrected chi connectivity index (χ0v) is 12.4. The second-order valence-electron chi connectivity index (χ2n) is 3.75. The van der Waals surface area contributed by atoms with E-state index in [0.29, 0.717) is 0 Å². The molecule has 0 amide bonds. The average molecular weight is 324 g/mol. The van der Waals surface area contributed by atoms with Crippen LogP contribution >= 0.6 is 27.7 Å². The monoisotopic (exact) mass is 323 g/mol. The number of nitrogens with one attached hydrogen (secondary N) is 1. The lowest BCUT2D eigenvalue weighted by molar-refractivity contribution is 0.655. The highest BCUT2D eigenvalue weighted by molar-refractivity contribution is 9.10. The molecule has 1 atom stereocenters. The number of nitrogens with zero attached hydrogens (tertiary/aromatic N) is 2. The van der Waals surface area contributed by atoms with Gasteiger partial charge < -0.3 is 5.32 Å². The molecule has 1 aromatic carbocycles. The Hall–Kier alpha value is -0.910. The van der Waals surface area contributed by atoms with E-state index in [0.717, 1.165) is 15.8 Å². The summed E-state index contributed by atoms with van der Waals surface area (Å²) < 4.78 is 1.13. The van der Waals surface area contributed by atoms with E-state index in [9.17, 15) is 0 Å².